The summed E-state index contributed by atoms with van der Waals surface area (Å²) in [6.07, 6.45) is 3.22. The van der Waals surface area contributed by atoms with E-state index in [0.717, 1.165) is 50.0 Å². The molecular weight excluding hydrogens is 477 g/mol. The van der Waals surface area contributed by atoms with Crippen LogP contribution < -0.4 is 15.5 Å². The van der Waals surface area contributed by atoms with E-state index in [0.29, 0.717) is 6.54 Å². The maximum absolute atomic E-state index is 5.60. The van der Waals surface area contributed by atoms with Gasteiger partial charge in [-0.25, -0.2) is 4.98 Å². The van der Waals surface area contributed by atoms with Gasteiger partial charge in [-0.3, -0.25) is 4.99 Å². The largest absolute Gasteiger partial charge is 0.375 e. The normalized spacial score (nSPS) is 16.9. The molecule has 1 aliphatic heterocycles. The minimum absolute atomic E-state index is 0. The van der Waals surface area contributed by atoms with Gasteiger partial charge in [0.15, 0.2) is 5.96 Å². The van der Waals surface area contributed by atoms with Crippen molar-refractivity contribution < 1.29 is 4.74 Å². The number of aryl methyl sites for hydroxylation is 1. The number of morpholine rings is 1. The molecule has 7 heteroatoms. The summed E-state index contributed by atoms with van der Waals surface area (Å²) >= 11 is 0. The van der Waals surface area contributed by atoms with Gasteiger partial charge in [-0.1, -0.05) is 37.3 Å². The molecule has 1 aromatic carbocycles. The SMILES string of the molecule is CCc1ccccc1CNC(=NC)NCc1ccc(N2CCOC(C)C2)nc1.I. The number of hydrogen-bond donors (Lipinski definition) is 2. The van der Waals surface area contributed by atoms with Crippen molar-refractivity contribution in [1.29, 1.82) is 0 Å². The zero-order valence-corrected chi connectivity index (χ0v) is 19.8. The Bertz CT molecular complexity index is 781. The zero-order chi connectivity index (χ0) is 19.8. The maximum Gasteiger partial charge on any atom is 0.191 e. The number of nitrogens with zero attached hydrogens (tertiary/aromatic N) is 3. The van der Waals surface area contributed by atoms with E-state index in [9.17, 15) is 0 Å². The third-order valence-electron chi connectivity index (χ3n) is 5.00. The Morgan fingerprint density at radius 2 is 1.93 bits per heavy atom. The Hall–Kier alpha value is -1.87. The summed E-state index contributed by atoms with van der Waals surface area (Å²) in [7, 11) is 1.79. The lowest BCUT2D eigenvalue weighted by Gasteiger charge is -2.32. The number of halogens is 1. The molecule has 2 aromatic rings. The van der Waals surface area contributed by atoms with Crippen molar-refractivity contribution in [3.8, 4) is 0 Å². The number of guanidine groups is 1. The van der Waals surface area contributed by atoms with Gasteiger partial charge in [0.25, 0.3) is 0 Å². The molecule has 6 nitrogen and oxygen atoms in total. The van der Waals surface area contributed by atoms with Gasteiger partial charge in [0.05, 0.1) is 12.7 Å². The molecule has 2 heterocycles. The standard InChI is InChI=1S/C22H31N5O.HI/c1-4-19-7-5-6-8-20(19)15-26-22(23-3)25-14-18-9-10-21(24-13-18)27-11-12-28-17(2)16-27;/h5-10,13,17H,4,11-12,14-16H2,1-3H3,(H2,23,25,26);1H. The summed E-state index contributed by atoms with van der Waals surface area (Å²) in [4.78, 5) is 11.2. The number of aliphatic imine (C=N–C) groups is 1. The molecule has 1 fully saturated rings. The molecule has 0 radical (unpaired) electrons. The molecule has 1 saturated heterocycles. The lowest BCUT2D eigenvalue weighted by molar-refractivity contribution is 0.0529. The predicted molar refractivity (Wildman–Crippen MR) is 130 cm³/mol. The van der Waals surface area contributed by atoms with Crippen LogP contribution in [0.4, 0.5) is 5.82 Å². The second kappa shape index (κ2) is 12.0. The molecule has 29 heavy (non-hydrogen) atoms. The molecule has 0 bridgehead atoms. The Kier molecular flexibility index (Phi) is 9.66. The fourth-order valence-electron chi connectivity index (χ4n) is 3.40. The minimum Gasteiger partial charge on any atom is -0.375 e. The van der Waals surface area contributed by atoms with Crippen LogP contribution in [0.25, 0.3) is 0 Å². The van der Waals surface area contributed by atoms with E-state index in [1.165, 1.54) is 11.1 Å². The lowest BCUT2D eigenvalue weighted by atomic mass is 10.1. The average molecular weight is 509 g/mol. The summed E-state index contributed by atoms with van der Waals surface area (Å²) < 4.78 is 5.60. The summed E-state index contributed by atoms with van der Waals surface area (Å²) in [5, 5.41) is 6.76. The molecular formula is C22H32IN5O. The number of ether oxygens (including phenoxy) is 1. The monoisotopic (exact) mass is 509 g/mol. The van der Waals surface area contributed by atoms with Crippen molar-refractivity contribution in [1.82, 2.24) is 15.6 Å². The van der Waals surface area contributed by atoms with E-state index < -0.39 is 0 Å². The van der Waals surface area contributed by atoms with Crippen LogP contribution in [-0.2, 0) is 24.2 Å². The molecule has 158 valence electrons. The van der Waals surface area contributed by atoms with Crippen molar-refractivity contribution in [3.05, 3.63) is 59.3 Å². The molecule has 1 unspecified atom stereocenters. The summed E-state index contributed by atoms with van der Waals surface area (Å²) in [5.41, 5.74) is 3.79. The first-order valence-electron chi connectivity index (χ1n) is 10.0. The van der Waals surface area contributed by atoms with Gasteiger partial charge in [-0.2, -0.15) is 0 Å². The van der Waals surface area contributed by atoms with Crippen LogP contribution in [0.5, 0.6) is 0 Å². The highest BCUT2D eigenvalue weighted by atomic mass is 127. The number of benzene rings is 1. The van der Waals surface area contributed by atoms with E-state index in [1.54, 1.807) is 7.05 Å². The molecule has 0 aliphatic carbocycles. The summed E-state index contributed by atoms with van der Waals surface area (Å²) in [5.74, 6) is 1.80. The van der Waals surface area contributed by atoms with Gasteiger partial charge in [-0.05, 0) is 36.1 Å². The predicted octanol–water partition coefficient (Wildman–Crippen LogP) is 3.35. The van der Waals surface area contributed by atoms with E-state index in [2.05, 4.69) is 75.8 Å². The van der Waals surface area contributed by atoms with Crippen molar-refractivity contribution in [3.63, 3.8) is 0 Å². The van der Waals surface area contributed by atoms with Gasteiger partial charge < -0.3 is 20.3 Å². The molecule has 0 spiro atoms. The second-order valence-electron chi connectivity index (χ2n) is 7.05. The minimum atomic E-state index is 0. The van der Waals surface area contributed by atoms with Crippen molar-refractivity contribution >= 4 is 35.8 Å². The fourth-order valence-corrected chi connectivity index (χ4v) is 3.40. The Morgan fingerprint density at radius 1 is 1.17 bits per heavy atom. The van der Waals surface area contributed by atoms with Crippen LogP contribution in [0.15, 0.2) is 47.6 Å². The topological polar surface area (TPSA) is 61.8 Å². The van der Waals surface area contributed by atoms with Gasteiger partial charge in [0.2, 0.25) is 0 Å². The van der Waals surface area contributed by atoms with Gasteiger partial charge in [0.1, 0.15) is 5.82 Å². The van der Waals surface area contributed by atoms with Gasteiger partial charge >= 0.3 is 0 Å². The number of pyridine rings is 1. The highest BCUT2D eigenvalue weighted by molar-refractivity contribution is 14.0. The molecule has 3 rings (SSSR count). The first kappa shape index (κ1) is 23.4. The Labute approximate surface area is 191 Å². The maximum atomic E-state index is 5.60. The fraction of sp³-hybridized carbons (Fsp3) is 0.455. The smallest absolute Gasteiger partial charge is 0.191 e. The highest BCUT2D eigenvalue weighted by Crippen LogP contribution is 2.15. The van der Waals surface area contributed by atoms with Crippen LogP contribution >= 0.6 is 24.0 Å². The van der Waals surface area contributed by atoms with E-state index >= 15 is 0 Å². The third kappa shape index (κ3) is 6.85. The first-order valence-corrected chi connectivity index (χ1v) is 10.0. The van der Waals surface area contributed by atoms with Gasteiger partial charge in [-0.15, -0.1) is 24.0 Å². The van der Waals surface area contributed by atoms with Crippen LogP contribution in [0.2, 0.25) is 0 Å². The van der Waals surface area contributed by atoms with Gasteiger partial charge in [0, 0.05) is 39.4 Å². The van der Waals surface area contributed by atoms with Crippen LogP contribution in [0.3, 0.4) is 0 Å². The van der Waals surface area contributed by atoms with Crippen LogP contribution in [0, 0.1) is 0 Å². The molecule has 0 saturated carbocycles. The second-order valence-corrected chi connectivity index (χ2v) is 7.05. The molecule has 1 aromatic heterocycles. The van der Waals surface area contributed by atoms with E-state index in [-0.39, 0.29) is 30.1 Å². The molecule has 2 N–H and O–H groups in total. The van der Waals surface area contributed by atoms with Crippen LogP contribution in [0.1, 0.15) is 30.5 Å². The average Bonchev–Trinajstić information content (AvgIpc) is 2.74. The summed E-state index contributed by atoms with van der Waals surface area (Å²) in [6, 6.07) is 12.7. The van der Waals surface area contributed by atoms with Crippen LogP contribution in [-0.4, -0.2) is 43.8 Å². The Morgan fingerprint density at radius 3 is 2.59 bits per heavy atom. The van der Waals surface area contributed by atoms with E-state index in [1.807, 2.05) is 6.20 Å². The zero-order valence-electron chi connectivity index (χ0n) is 17.5. The number of hydrogen-bond acceptors (Lipinski definition) is 4. The number of rotatable bonds is 6. The molecule has 1 aliphatic rings. The quantitative estimate of drug-likeness (QED) is 0.356. The molecule has 1 atom stereocenters. The van der Waals surface area contributed by atoms with E-state index in [4.69, 9.17) is 4.74 Å². The first-order chi connectivity index (χ1) is 13.7. The number of nitrogens with one attached hydrogen (secondary N) is 2. The van der Waals surface area contributed by atoms with Crippen molar-refractivity contribution in [2.45, 2.75) is 39.5 Å². The van der Waals surface area contributed by atoms with Crippen molar-refractivity contribution in [2.75, 3.05) is 31.6 Å². The Balaban J connectivity index is 0.00000300. The number of anilines is 1. The summed E-state index contributed by atoms with van der Waals surface area (Å²) in [6.45, 7) is 8.26. The third-order valence-corrected chi connectivity index (χ3v) is 5.00. The van der Waals surface area contributed by atoms with Crippen molar-refractivity contribution in [2.24, 2.45) is 4.99 Å². The highest BCUT2D eigenvalue weighted by Gasteiger charge is 2.17. The molecule has 0 amide bonds. The lowest BCUT2D eigenvalue weighted by Crippen LogP contribution is -2.41. The number of aromatic nitrogens is 1.